The molecule has 0 saturated heterocycles. The van der Waals surface area contributed by atoms with E-state index in [0.717, 1.165) is 28.1 Å². The molecule has 0 spiro atoms. The second-order valence-electron chi connectivity index (χ2n) is 6.74. The van der Waals surface area contributed by atoms with Gasteiger partial charge in [0, 0.05) is 18.2 Å². The molecule has 0 radical (unpaired) electrons. The lowest BCUT2D eigenvalue weighted by Gasteiger charge is -2.12. The first-order valence-electron chi connectivity index (χ1n) is 9.00. The van der Waals surface area contributed by atoms with Crippen LogP contribution < -0.4 is 5.32 Å². The molecule has 0 saturated carbocycles. The Morgan fingerprint density at radius 1 is 1.14 bits per heavy atom. The first-order chi connectivity index (χ1) is 13.4. The van der Waals surface area contributed by atoms with Crippen molar-refractivity contribution in [1.29, 1.82) is 0 Å². The summed E-state index contributed by atoms with van der Waals surface area (Å²) in [5.41, 5.74) is 3.60. The number of thiazole rings is 1. The number of carbonyl (C=O) groups excluding carboxylic acids is 2. The molecule has 1 heterocycles. The van der Waals surface area contributed by atoms with Crippen LogP contribution in [0.1, 0.15) is 31.3 Å². The summed E-state index contributed by atoms with van der Waals surface area (Å²) in [4.78, 5) is 28.5. The number of esters is 1. The van der Waals surface area contributed by atoms with Crippen LogP contribution in [0.15, 0.2) is 60.2 Å². The molecule has 0 bridgehead atoms. The lowest BCUT2D eigenvalue weighted by Crippen LogP contribution is -2.29. The molecule has 1 N–H and O–H groups in total. The quantitative estimate of drug-likeness (QED) is 0.485. The summed E-state index contributed by atoms with van der Waals surface area (Å²) in [5.74, 6) is -0.886. The number of nitrogens with zero attached hydrogens (tertiary/aromatic N) is 1. The van der Waals surface area contributed by atoms with E-state index >= 15 is 0 Å². The Morgan fingerprint density at radius 2 is 1.86 bits per heavy atom. The van der Waals surface area contributed by atoms with Crippen LogP contribution in [0.3, 0.4) is 0 Å². The Hall–Kier alpha value is -2.99. The topological polar surface area (TPSA) is 68.3 Å². The molecule has 0 aliphatic heterocycles. The van der Waals surface area contributed by atoms with E-state index in [0.29, 0.717) is 5.69 Å². The second kappa shape index (κ2) is 8.80. The van der Waals surface area contributed by atoms with Crippen molar-refractivity contribution in [2.45, 2.75) is 33.3 Å². The number of aromatic nitrogens is 1. The zero-order valence-corrected chi connectivity index (χ0v) is 16.9. The van der Waals surface area contributed by atoms with E-state index in [1.807, 2.05) is 42.5 Å². The van der Waals surface area contributed by atoms with E-state index in [9.17, 15) is 9.59 Å². The third kappa shape index (κ3) is 5.27. The smallest absolute Gasteiger partial charge is 0.331 e. The number of fused-ring (bicyclic) bond motifs is 1. The third-order valence-corrected chi connectivity index (χ3v) is 5.02. The number of anilines is 1. The monoisotopic (exact) mass is 394 g/mol. The van der Waals surface area contributed by atoms with Crippen LogP contribution in [0.4, 0.5) is 5.69 Å². The lowest BCUT2D eigenvalue weighted by atomic mass is 10.1. The Bertz CT molecular complexity index is 985. The van der Waals surface area contributed by atoms with E-state index in [-0.39, 0.29) is 5.91 Å². The van der Waals surface area contributed by atoms with Gasteiger partial charge in [-0.1, -0.05) is 29.8 Å². The number of para-hydroxylation sites is 1. The van der Waals surface area contributed by atoms with Gasteiger partial charge in [-0.25, -0.2) is 9.78 Å². The van der Waals surface area contributed by atoms with Crippen LogP contribution in [0.25, 0.3) is 10.2 Å². The Balaban J connectivity index is 1.58. The minimum Gasteiger partial charge on any atom is -0.449 e. The van der Waals surface area contributed by atoms with Crippen molar-refractivity contribution in [1.82, 2.24) is 4.98 Å². The van der Waals surface area contributed by atoms with Gasteiger partial charge in [0.15, 0.2) is 6.10 Å². The van der Waals surface area contributed by atoms with Gasteiger partial charge in [-0.15, -0.1) is 11.3 Å². The van der Waals surface area contributed by atoms with E-state index in [1.54, 1.807) is 32.1 Å². The van der Waals surface area contributed by atoms with Gasteiger partial charge in [0.1, 0.15) is 0 Å². The third-order valence-electron chi connectivity index (χ3n) is 3.98. The van der Waals surface area contributed by atoms with Gasteiger partial charge in [0.2, 0.25) is 0 Å². The van der Waals surface area contributed by atoms with E-state index in [4.69, 9.17) is 4.74 Å². The van der Waals surface area contributed by atoms with Crippen molar-refractivity contribution in [2.24, 2.45) is 0 Å². The van der Waals surface area contributed by atoms with Crippen LogP contribution >= 0.6 is 11.3 Å². The average Bonchev–Trinajstić information content (AvgIpc) is 3.04. The molecular weight excluding hydrogens is 372 g/mol. The molecule has 3 aromatic rings. The Labute approximate surface area is 168 Å². The first-order valence-corrected chi connectivity index (χ1v) is 9.82. The highest BCUT2D eigenvalue weighted by Crippen LogP contribution is 2.24. The van der Waals surface area contributed by atoms with Crippen LogP contribution in [0, 0.1) is 0 Å². The predicted octanol–water partition coefficient (Wildman–Crippen LogP) is 4.72. The largest absolute Gasteiger partial charge is 0.449 e. The molecule has 6 heteroatoms. The van der Waals surface area contributed by atoms with Gasteiger partial charge in [0.05, 0.1) is 15.2 Å². The maximum atomic E-state index is 12.2. The number of amides is 1. The number of hydrogen-bond donors (Lipinski definition) is 1. The fourth-order valence-corrected chi connectivity index (χ4v) is 3.62. The summed E-state index contributed by atoms with van der Waals surface area (Å²) in [6.07, 6.45) is 1.23. The highest BCUT2D eigenvalue weighted by Gasteiger charge is 2.16. The van der Waals surface area contributed by atoms with Crippen LogP contribution in [-0.4, -0.2) is 23.0 Å². The number of benzene rings is 2. The number of carbonyl (C=O) groups is 2. The molecule has 0 fully saturated rings. The molecule has 144 valence electrons. The molecule has 2 aromatic carbocycles. The van der Waals surface area contributed by atoms with E-state index < -0.39 is 12.1 Å². The summed E-state index contributed by atoms with van der Waals surface area (Å²) in [6.45, 7) is 5.14. The summed E-state index contributed by atoms with van der Waals surface area (Å²) in [6, 6.07) is 15.7. The van der Waals surface area contributed by atoms with Crippen molar-refractivity contribution in [2.75, 3.05) is 5.32 Å². The maximum Gasteiger partial charge on any atom is 0.331 e. The minimum atomic E-state index is -0.870. The summed E-state index contributed by atoms with van der Waals surface area (Å²) in [7, 11) is 0. The molecule has 1 aromatic heterocycles. The maximum absolute atomic E-state index is 12.2. The molecule has 5 nitrogen and oxygen atoms in total. The number of allylic oxidation sites excluding steroid dienone is 1. The van der Waals surface area contributed by atoms with Crippen LogP contribution in [0.5, 0.6) is 0 Å². The fraction of sp³-hybridized carbons (Fsp3) is 0.227. The molecule has 0 unspecified atom stereocenters. The average molecular weight is 394 g/mol. The standard InChI is InChI=1S/C22H22N2O3S/c1-14(2)12-21(25)27-15(3)22(26)23-17-10-8-16(9-11-17)13-20-24-18-6-4-5-7-19(18)28-20/h4-12,15H,13H2,1-3H3,(H,23,26)/t15-/m0/s1. The number of hydrogen-bond acceptors (Lipinski definition) is 5. The molecular formula is C22H22N2O3S. The molecule has 0 aliphatic carbocycles. The van der Waals surface area contributed by atoms with Gasteiger partial charge in [-0.2, -0.15) is 0 Å². The van der Waals surface area contributed by atoms with Gasteiger partial charge in [-0.3, -0.25) is 4.79 Å². The van der Waals surface area contributed by atoms with Crippen molar-refractivity contribution < 1.29 is 14.3 Å². The normalized spacial score (nSPS) is 11.7. The summed E-state index contributed by atoms with van der Waals surface area (Å²) >= 11 is 1.69. The predicted molar refractivity (Wildman–Crippen MR) is 112 cm³/mol. The zero-order valence-electron chi connectivity index (χ0n) is 16.1. The van der Waals surface area contributed by atoms with Crippen molar-refractivity contribution in [3.05, 3.63) is 70.8 Å². The molecule has 3 rings (SSSR count). The zero-order chi connectivity index (χ0) is 20.1. The second-order valence-corrected chi connectivity index (χ2v) is 7.85. The summed E-state index contributed by atoms with van der Waals surface area (Å²) in [5, 5.41) is 3.82. The number of ether oxygens (including phenoxy) is 1. The molecule has 28 heavy (non-hydrogen) atoms. The molecule has 1 atom stereocenters. The van der Waals surface area contributed by atoms with Crippen LogP contribution in [0.2, 0.25) is 0 Å². The van der Waals surface area contributed by atoms with Crippen molar-refractivity contribution >= 4 is 39.1 Å². The summed E-state index contributed by atoms with van der Waals surface area (Å²) < 4.78 is 6.27. The highest BCUT2D eigenvalue weighted by atomic mass is 32.1. The van der Waals surface area contributed by atoms with Crippen molar-refractivity contribution in [3.8, 4) is 0 Å². The lowest BCUT2D eigenvalue weighted by molar-refractivity contribution is -0.148. The first kappa shape index (κ1) is 19.8. The van der Waals surface area contributed by atoms with Gasteiger partial charge in [-0.05, 0) is 50.6 Å². The molecule has 0 aliphatic rings. The Kier molecular flexibility index (Phi) is 6.21. The number of nitrogens with one attached hydrogen (secondary N) is 1. The van der Waals surface area contributed by atoms with E-state index in [1.165, 1.54) is 10.8 Å². The fourth-order valence-electron chi connectivity index (χ4n) is 2.62. The van der Waals surface area contributed by atoms with Crippen LogP contribution in [-0.2, 0) is 20.7 Å². The van der Waals surface area contributed by atoms with Crippen molar-refractivity contribution in [3.63, 3.8) is 0 Å². The van der Waals surface area contributed by atoms with E-state index in [2.05, 4.69) is 16.4 Å². The van der Waals surface area contributed by atoms with Gasteiger partial charge in [0.25, 0.3) is 5.91 Å². The minimum absolute atomic E-state index is 0.366. The Morgan fingerprint density at radius 3 is 2.54 bits per heavy atom. The SMILES string of the molecule is CC(C)=CC(=O)O[C@@H](C)C(=O)Nc1ccc(Cc2nc3ccccc3s2)cc1. The molecule has 1 amide bonds. The number of rotatable bonds is 6. The van der Waals surface area contributed by atoms with Gasteiger partial charge >= 0.3 is 5.97 Å². The van der Waals surface area contributed by atoms with Gasteiger partial charge < -0.3 is 10.1 Å². The highest BCUT2D eigenvalue weighted by molar-refractivity contribution is 7.18.